The van der Waals surface area contributed by atoms with Crippen molar-refractivity contribution >= 4 is 12.0 Å². The third kappa shape index (κ3) is 0.894. The summed E-state index contributed by atoms with van der Waals surface area (Å²) in [5, 5.41) is 9.29. The Labute approximate surface area is 61.8 Å². The first-order chi connectivity index (χ1) is 5.27. The van der Waals surface area contributed by atoms with Gasteiger partial charge in [-0.15, -0.1) is 0 Å². The highest BCUT2D eigenvalue weighted by molar-refractivity contribution is 5.66. The molecule has 3 N–H and O–H groups in total. The summed E-state index contributed by atoms with van der Waals surface area (Å²) in [6.07, 6.45) is 1.42. The molecule has 0 bridgehead atoms. The van der Waals surface area contributed by atoms with Crippen LogP contribution in [-0.4, -0.2) is 21.3 Å². The fourth-order valence-corrected chi connectivity index (χ4v) is 1.09. The predicted octanol–water partition coefficient (Wildman–Crippen LogP) is -0.158. The standard InChI is InChI=1S/C6H7N3O2/c10-3-1-2-7-5-4(3)8-6(11)9-5/h2-3,10H,1H2,(H2,8,9,11)/t3-/m0/s1. The van der Waals surface area contributed by atoms with E-state index in [0.29, 0.717) is 17.9 Å². The Kier molecular flexibility index (Phi) is 1.19. The van der Waals surface area contributed by atoms with E-state index in [2.05, 4.69) is 15.0 Å². The predicted molar refractivity (Wildman–Crippen MR) is 39.1 cm³/mol. The zero-order valence-electron chi connectivity index (χ0n) is 5.66. The quantitative estimate of drug-likeness (QED) is 0.484. The van der Waals surface area contributed by atoms with Gasteiger partial charge in [0, 0.05) is 12.6 Å². The van der Waals surface area contributed by atoms with Gasteiger partial charge in [0.25, 0.3) is 0 Å². The fraction of sp³-hybridized carbons (Fsp3) is 0.333. The van der Waals surface area contributed by atoms with Crippen molar-refractivity contribution in [2.45, 2.75) is 12.5 Å². The van der Waals surface area contributed by atoms with Crippen LogP contribution in [0.15, 0.2) is 9.79 Å². The number of aromatic amines is 2. The number of aromatic nitrogens is 2. The topological polar surface area (TPSA) is 81.2 Å². The van der Waals surface area contributed by atoms with Gasteiger partial charge in [-0.25, -0.2) is 9.79 Å². The zero-order chi connectivity index (χ0) is 7.84. The second-order valence-electron chi connectivity index (χ2n) is 2.40. The zero-order valence-corrected chi connectivity index (χ0v) is 5.66. The van der Waals surface area contributed by atoms with Crippen molar-refractivity contribution in [2.75, 3.05) is 0 Å². The van der Waals surface area contributed by atoms with E-state index in [4.69, 9.17) is 0 Å². The summed E-state index contributed by atoms with van der Waals surface area (Å²) in [6, 6.07) is 0. The summed E-state index contributed by atoms with van der Waals surface area (Å²) in [5.74, 6) is 0.439. The highest BCUT2D eigenvalue weighted by Crippen LogP contribution is 2.25. The minimum Gasteiger partial charge on any atom is -0.386 e. The Morgan fingerprint density at radius 3 is 3.18 bits per heavy atom. The van der Waals surface area contributed by atoms with Gasteiger partial charge < -0.3 is 10.1 Å². The molecule has 1 aromatic rings. The number of aliphatic hydroxyl groups excluding tert-OH is 1. The highest BCUT2D eigenvalue weighted by Gasteiger charge is 2.17. The average Bonchev–Trinajstić information content (AvgIpc) is 2.31. The smallest absolute Gasteiger partial charge is 0.324 e. The molecule has 2 heterocycles. The van der Waals surface area contributed by atoms with Crippen molar-refractivity contribution in [3.05, 3.63) is 16.2 Å². The molecular formula is C6H7N3O2. The van der Waals surface area contributed by atoms with Crippen LogP contribution >= 0.6 is 0 Å². The van der Waals surface area contributed by atoms with Crippen LogP contribution in [0.3, 0.4) is 0 Å². The van der Waals surface area contributed by atoms with Crippen LogP contribution < -0.4 is 5.69 Å². The van der Waals surface area contributed by atoms with Crippen molar-refractivity contribution in [1.82, 2.24) is 9.97 Å². The lowest BCUT2D eigenvalue weighted by Crippen LogP contribution is -2.05. The van der Waals surface area contributed by atoms with Gasteiger partial charge in [0.05, 0.1) is 5.69 Å². The van der Waals surface area contributed by atoms with Crippen molar-refractivity contribution in [3.8, 4) is 0 Å². The molecule has 0 aromatic carbocycles. The van der Waals surface area contributed by atoms with E-state index in [1.54, 1.807) is 6.21 Å². The number of hydrogen-bond acceptors (Lipinski definition) is 3. The summed E-state index contributed by atoms with van der Waals surface area (Å²) < 4.78 is 0. The molecule has 2 rings (SSSR count). The normalized spacial score (nSPS) is 21.7. The van der Waals surface area contributed by atoms with Gasteiger partial charge in [-0.2, -0.15) is 0 Å². The van der Waals surface area contributed by atoms with Crippen molar-refractivity contribution < 1.29 is 5.11 Å². The summed E-state index contributed by atoms with van der Waals surface area (Å²) in [4.78, 5) is 19.5. The van der Waals surface area contributed by atoms with E-state index in [1.165, 1.54) is 0 Å². The van der Waals surface area contributed by atoms with Crippen molar-refractivity contribution in [2.24, 2.45) is 4.99 Å². The maximum absolute atomic E-state index is 10.7. The van der Waals surface area contributed by atoms with Crippen LogP contribution in [0.2, 0.25) is 0 Å². The van der Waals surface area contributed by atoms with E-state index in [-0.39, 0.29) is 5.69 Å². The molecule has 1 aliphatic heterocycles. The highest BCUT2D eigenvalue weighted by atomic mass is 16.3. The molecular weight excluding hydrogens is 146 g/mol. The largest absolute Gasteiger partial charge is 0.386 e. The molecule has 11 heavy (non-hydrogen) atoms. The molecule has 0 aliphatic carbocycles. The van der Waals surface area contributed by atoms with Gasteiger partial charge in [-0.3, -0.25) is 4.98 Å². The molecule has 0 unspecified atom stereocenters. The van der Waals surface area contributed by atoms with E-state index in [0.717, 1.165) is 0 Å². The van der Waals surface area contributed by atoms with E-state index < -0.39 is 6.10 Å². The van der Waals surface area contributed by atoms with Crippen LogP contribution in [0.1, 0.15) is 18.2 Å². The summed E-state index contributed by atoms with van der Waals surface area (Å²) >= 11 is 0. The number of nitrogens with zero attached hydrogens (tertiary/aromatic N) is 1. The third-order valence-electron chi connectivity index (χ3n) is 1.62. The lowest BCUT2D eigenvalue weighted by molar-refractivity contribution is 0.182. The third-order valence-corrected chi connectivity index (χ3v) is 1.62. The van der Waals surface area contributed by atoms with Gasteiger partial charge in [0.2, 0.25) is 0 Å². The first-order valence-corrected chi connectivity index (χ1v) is 3.30. The summed E-state index contributed by atoms with van der Waals surface area (Å²) in [6.45, 7) is 0. The first-order valence-electron chi connectivity index (χ1n) is 3.30. The maximum atomic E-state index is 10.7. The molecule has 58 valence electrons. The number of fused-ring (bicyclic) bond motifs is 1. The number of aliphatic hydroxyl groups is 1. The number of rotatable bonds is 0. The van der Waals surface area contributed by atoms with Crippen LogP contribution in [0.4, 0.5) is 5.82 Å². The van der Waals surface area contributed by atoms with Gasteiger partial charge >= 0.3 is 5.69 Å². The number of nitrogens with one attached hydrogen (secondary N) is 2. The molecule has 1 aliphatic rings. The molecule has 5 heteroatoms. The minimum atomic E-state index is -0.624. The molecule has 0 saturated heterocycles. The van der Waals surface area contributed by atoms with Gasteiger partial charge in [-0.05, 0) is 0 Å². The second-order valence-corrected chi connectivity index (χ2v) is 2.40. The van der Waals surface area contributed by atoms with Gasteiger partial charge in [-0.1, -0.05) is 0 Å². The number of imidazole rings is 1. The number of aliphatic imine (C=N–C) groups is 1. The Bertz CT molecular complexity index is 349. The SMILES string of the molecule is O=c1[nH]c2c([nH]1)[C@@H](O)CC=N2. The lowest BCUT2D eigenvalue weighted by atomic mass is 10.2. The molecule has 1 atom stereocenters. The van der Waals surface area contributed by atoms with Crippen molar-refractivity contribution in [3.63, 3.8) is 0 Å². The maximum Gasteiger partial charge on any atom is 0.324 e. The Morgan fingerprint density at radius 1 is 1.64 bits per heavy atom. The molecule has 0 fully saturated rings. The van der Waals surface area contributed by atoms with E-state index in [9.17, 15) is 9.90 Å². The summed E-state index contributed by atoms with van der Waals surface area (Å²) in [7, 11) is 0. The second kappa shape index (κ2) is 2.06. The molecule has 0 saturated carbocycles. The average molecular weight is 153 g/mol. The van der Waals surface area contributed by atoms with Crippen LogP contribution in [-0.2, 0) is 0 Å². The summed E-state index contributed by atoms with van der Waals surface area (Å²) in [5.41, 5.74) is 0.158. The van der Waals surface area contributed by atoms with Crippen LogP contribution in [0.25, 0.3) is 0 Å². The first kappa shape index (κ1) is 6.36. The Balaban J connectivity index is 2.62. The molecule has 1 aromatic heterocycles. The van der Waals surface area contributed by atoms with Crippen LogP contribution in [0.5, 0.6) is 0 Å². The molecule has 0 amide bonds. The molecule has 5 nitrogen and oxygen atoms in total. The molecule has 0 spiro atoms. The van der Waals surface area contributed by atoms with E-state index >= 15 is 0 Å². The Hall–Kier alpha value is -1.36. The lowest BCUT2D eigenvalue weighted by Gasteiger charge is -2.09. The molecule has 0 radical (unpaired) electrons. The monoisotopic (exact) mass is 153 g/mol. The minimum absolute atomic E-state index is 0.326. The van der Waals surface area contributed by atoms with Crippen molar-refractivity contribution in [1.29, 1.82) is 0 Å². The van der Waals surface area contributed by atoms with Crippen LogP contribution in [0, 0.1) is 0 Å². The number of hydrogen-bond donors (Lipinski definition) is 3. The Morgan fingerprint density at radius 2 is 2.45 bits per heavy atom. The fourth-order valence-electron chi connectivity index (χ4n) is 1.09. The van der Waals surface area contributed by atoms with E-state index in [1.807, 2.05) is 0 Å². The van der Waals surface area contributed by atoms with Gasteiger partial charge in [0.1, 0.15) is 6.10 Å². The number of H-pyrrole nitrogens is 2. The van der Waals surface area contributed by atoms with Gasteiger partial charge in [0.15, 0.2) is 5.82 Å².